The monoisotopic (exact) mass is 349 g/mol. The van der Waals surface area contributed by atoms with E-state index in [9.17, 15) is 14.4 Å². The number of hydrogen-bond donors (Lipinski definition) is 1. The molecule has 5 heteroatoms. The Kier molecular flexibility index (Phi) is 4.98. The van der Waals surface area contributed by atoms with Crippen molar-refractivity contribution in [1.29, 1.82) is 0 Å². The zero-order valence-electron chi connectivity index (χ0n) is 14.3. The quantitative estimate of drug-likeness (QED) is 0.662. The molecule has 1 N–H and O–H groups in total. The van der Waals surface area contributed by atoms with Gasteiger partial charge < -0.3 is 5.11 Å². The number of carboxylic acid groups (broad SMARTS) is 1. The second kappa shape index (κ2) is 7.35. The van der Waals surface area contributed by atoms with Crippen LogP contribution in [-0.2, 0) is 14.4 Å². The number of hydrogen-bond acceptors (Lipinski definition) is 3. The van der Waals surface area contributed by atoms with Crippen molar-refractivity contribution in [2.24, 2.45) is 5.92 Å². The number of imide groups is 1. The highest BCUT2D eigenvalue weighted by Gasteiger charge is 2.42. The number of benzene rings is 2. The molecule has 26 heavy (non-hydrogen) atoms. The van der Waals surface area contributed by atoms with Gasteiger partial charge in [-0.2, -0.15) is 0 Å². The molecule has 2 unspecified atom stereocenters. The van der Waals surface area contributed by atoms with E-state index in [0.717, 1.165) is 11.6 Å². The van der Waals surface area contributed by atoms with Gasteiger partial charge in [0.1, 0.15) is 0 Å². The molecule has 2 aromatic rings. The summed E-state index contributed by atoms with van der Waals surface area (Å²) >= 11 is 0. The fraction of sp³-hybridized carbons (Fsp3) is 0.190. The van der Waals surface area contributed by atoms with E-state index in [1.165, 1.54) is 11.0 Å². The largest absolute Gasteiger partial charge is 0.478 e. The van der Waals surface area contributed by atoms with E-state index in [0.29, 0.717) is 11.3 Å². The molecule has 0 bridgehead atoms. The third-order valence-corrected chi connectivity index (χ3v) is 4.66. The number of amides is 2. The number of carbonyl (C=O) groups excluding carboxylic acids is 2. The van der Waals surface area contributed by atoms with Crippen LogP contribution < -0.4 is 4.90 Å². The van der Waals surface area contributed by atoms with E-state index in [1.54, 1.807) is 24.3 Å². The van der Waals surface area contributed by atoms with E-state index >= 15 is 0 Å². The lowest BCUT2D eigenvalue weighted by atomic mass is 9.86. The molecule has 0 aromatic heterocycles. The Morgan fingerprint density at radius 1 is 1.15 bits per heavy atom. The van der Waals surface area contributed by atoms with Crippen LogP contribution in [0.15, 0.2) is 60.7 Å². The zero-order valence-corrected chi connectivity index (χ0v) is 14.3. The second-order valence-electron chi connectivity index (χ2n) is 6.34. The van der Waals surface area contributed by atoms with Gasteiger partial charge in [0.15, 0.2) is 0 Å². The first-order chi connectivity index (χ1) is 12.5. The summed E-state index contributed by atoms with van der Waals surface area (Å²) in [4.78, 5) is 37.3. The molecule has 3 rings (SSSR count). The predicted octanol–water partition coefficient (Wildman–Crippen LogP) is 3.47. The van der Waals surface area contributed by atoms with Crippen LogP contribution in [0.2, 0.25) is 0 Å². The van der Waals surface area contributed by atoms with Crippen LogP contribution in [0.1, 0.15) is 30.4 Å². The third-order valence-electron chi connectivity index (χ3n) is 4.66. The lowest BCUT2D eigenvalue weighted by Crippen LogP contribution is -2.31. The van der Waals surface area contributed by atoms with Crippen molar-refractivity contribution in [3.05, 3.63) is 71.8 Å². The predicted molar refractivity (Wildman–Crippen MR) is 98.6 cm³/mol. The van der Waals surface area contributed by atoms with Gasteiger partial charge in [-0.15, -0.1) is 0 Å². The molecule has 1 heterocycles. The van der Waals surface area contributed by atoms with Crippen LogP contribution in [0, 0.1) is 5.92 Å². The number of nitrogens with zero attached hydrogens (tertiary/aromatic N) is 1. The van der Waals surface area contributed by atoms with E-state index in [-0.39, 0.29) is 24.2 Å². The molecule has 0 aliphatic carbocycles. The highest BCUT2D eigenvalue weighted by Crippen LogP contribution is 2.36. The van der Waals surface area contributed by atoms with Crippen LogP contribution in [0.25, 0.3) is 6.08 Å². The lowest BCUT2D eigenvalue weighted by molar-refractivity contribution is -0.131. The normalized spacial score (nSPS) is 18.5. The van der Waals surface area contributed by atoms with Crippen molar-refractivity contribution in [1.82, 2.24) is 0 Å². The van der Waals surface area contributed by atoms with Crippen LogP contribution in [0.5, 0.6) is 0 Å². The van der Waals surface area contributed by atoms with Crippen LogP contribution in [-0.4, -0.2) is 22.9 Å². The minimum Gasteiger partial charge on any atom is -0.478 e. The van der Waals surface area contributed by atoms with Crippen LogP contribution >= 0.6 is 0 Å². The summed E-state index contributed by atoms with van der Waals surface area (Å²) in [6.45, 7) is 1.96. The molecule has 1 aliphatic rings. The van der Waals surface area contributed by atoms with Gasteiger partial charge in [-0.1, -0.05) is 49.4 Å². The highest BCUT2D eigenvalue weighted by atomic mass is 16.4. The summed E-state index contributed by atoms with van der Waals surface area (Å²) in [6, 6.07) is 16.4. The van der Waals surface area contributed by atoms with Gasteiger partial charge in [-0.25, -0.2) is 4.79 Å². The van der Waals surface area contributed by atoms with E-state index < -0.39 is 11.9 Å². The molecule has 2 amide bonds. The number of rotatable bonds is 5. The molecule has 5 nitrogen and oxygen atoms in total. The van der Waals surface area contributed by atoms with Gasteiger partial charge in [0.2, 0.25) is 11.8 Å². The topological polar surface area (TPSA) is 74.7 Å². The first kappa shape index (κ1) is 17.6. The van der Waals surface area contributed by atoms with Gasteiger partial charge in [0, 0.05) is 12.5 Å². The van der Waals surface area contributed by atoms with Gasteiger partial charge in [-0.05, 0) is 35.3 Å². The van der Waals surface area contributed by atoms with Crippen molar-refractivity contribution in [3.63, 3.8) is 0 Å². The first-order valence-corrected chi connectivity index (χ1v) is 8.40. The average Bonchev–Trinajstić information content (AvgIpc) is 2.94. The summed E-state index contributed by atoms with van der Waals surface area (Å²) < 4.78 is 0. The third kappa shape index (κ3) is 3.57. The van der Waals surface area contributed by atoms with Crippen molar-refractivity contribution in [3.8, 4) is 0 Å². The summed E-state index contributed by atoms with van der Waals surface area (Å²) in [5, 5.41) is 8.74. The number of aliphatic carboxylic acids is 1. The number of anilines is 1. The second-order valence-corrected chi connectivity index (χ2v) is 6.34. The van der Waals surface area contributed by atoms with E-state index in [1.807, 2.05) is 37.3 Å². The number of carbonyl (C=O) groups is 3. The summed E-state index contributed by atoms with van der Waals surface area (Å²) in [6.07, 6.45) is 2.62. The molecule has 1 saturated heterocycles. The minimum atomic E-state index is -1.06. The SMILES string of the molecule is CC(c1ccccc1)C1CC(=O)N(c2cccc(/C=C/C(=O)O)c2)C1=O. The van der Waals surface area contributed by atoms with Gasteiger partial charge in [0.05, 0.1) is 11.6 Å². The van der Waals surface area contributed by atoms with Crippen LogP contribution in [0.4, 0.5) is 5.69 Å². The Morgan fingerprint density at radius 2 is 1.88 bits per heavy atom. The first-order valence-electron chi connectivity index (χ1n) is 8.40. The van der Waals surface area contributed by atoms with E-state index in [4.69, 9.17) is 5.11 Å². The molecular formula is C21H19NO4. The molecule has 132 valence electrons. The molecule has 1 fully saturated rings. The maximum absolute atomic E-state index is 12.9. The Hall–Kier alpha value is -3.21. The fourth-order valence-corrected chi connectivity index (χ4v) is 3.24. The molecule has 1 aliphatic heterocycles. The summed E-state index contributed by atoms with van der Waals surface area (Å²) in [7, 11) is 0. The molecule has 0 radical (unpaired) electrons. The van der Waals surface area contributed by atoms with Gasteiger partial charge in [-0.3, -0.25) is 14.5 Å². The maximum Gasteiger partial charge on any atom is 0.328 e. The summed E-state index contributed by atoms with van der Waals surface area (Å²) in [5.74, 6) is -1.97. The number of carboxylic acids is 1. The standard InChI is InChI=1S/C21H19NO4/c1-14(16-7-3-2-4-8-16)18-13-19(23)22(21(18)26)17-9-5-6-15(12-17)10-11-20(24)25/h2-12,14,18H,13H2,1H3,(H,24,25)/b11-10+. The Labute approximate surface area is 151 Å². The summed E-state index contributed by atoms with van der Waals surface area (Å²) in [5.41, 5.74) is 2.11. The molecule has 2 aromatic carbocycles. The highest BCUT2D eigenvalue weighted by molar-refractivity contribution is 6.21. The molecule has 0 spiro atoms. The minimum absolute atomic E-state index is 0.0623. The van der Waals surface area contributed by atoms with Crippen molar-refractivity contribution >= 4 is 29.5 Å². The van der Waals surface area contributed by atoms with E-state index in [2.05, 4.69) is 0 Å². The Morgan fingerprint density at radius 3 is 2.58 bits per heavy atom. The smallest absolute Gasteiger partial charge is 0.328 e. The average molecular weight is 349 g/mol. The maximum atomic E-state index is 12.9. The molecule has 2 atom stereocenters. The van der Waals surface area contributed by atoms with Crippen molar-refractivity contribution < 1.29 is 19.5 Å². The molecule has 0 saturated carbocycles. The Balaban J connectivity index is 1.86. The zero-order chi connectivity index (χ0) is 18.7. The van der Waals surface area contributed by atoms with Crippen molar-refractivity contribution in [2.45, 2.75) is 19.3 Å². The lowest BCUT2D eigenvalue weighted by Gasteiger charge is -2.19. The van der Waals surface area contributed by atoms with Crippen molar-refractivity contribution in [2.75, 3.05) is 4.90 Å². The van der Waals surface area contributed by atoms with Gasteiger partial charge >= 0.3 is 5.97 Å². The van der Waals surface area contributed by atoms with Crippen LogP contribution in [0.3, 0.4) is 0 Å². The van der Waals surface area contributed by atoms with Gasteiger partial charge in [0.25, 0.3) is 0 Å². The molecular weight excluding hydrogens is 330 g/mol. The fourth-order valence-electron chi connectivity index (χ4n) is 3.24. The Bertz CT molecular complexity index is 873.